The van der Waals surface area contributed by atoms with Crippen LogP contribution in [0.3, 0.4) is 0 Å². The minimum atomic E-state index is 0.531. The van der Waals surface area contributed by atoms with Gasteiger partial charge >= 0.3 is 0 Å². The summed E-state index contributed by atoms with van der Waals surface area (Å²) >= 11 is 0. The molecule has 620 valence electrons. The zero-order valence-electron chi connectivity index (χ0n) is 70.1. The van der Waals surface area contributed by atoms with Crippen molar-refractivity contribution in [1.29, 1.82) is 0 Å². The van der Waals surface area contributed by atoms with E-state index in [0.29, 0.717) is 70.1 Å². The molecular weight excluding hydrogens is 1630 g/mol. The molecule has 0 unspecified atom stereocenters. The fraction of sp³-hybridized carbons (Fsp3) is 0. The van der Waals surface area contributed by atoms with Crippen LogP contribution in [0, 0.1) is 0 Å². The quantitative estimate of drug-likeness (QED) is 0.0984. The van der Waals surface area contributed by atoms with Gasteiger partial charge in [0, 0.05) is 99.1 Å². The van der Waals surface area contributed by atoms with E-state index in [4.69, 9.17) is 86.3 Å². The zero-order chi connectivity index (χ0) is 87.4. The fourth-order valence-corrected chi connectivity index (χ4v) is 17.2. The maximum Gasteiger partial charge on any atom is 0.228 e. The van der Waals surface area contributed by atoms with Crippen LogP contribution in [-0.4, -0.2) is 59.8 Å². The van der Waals surface area contributed by atoms with Crippen molar-refractivity contribution in [2.24, 2.45) is 0 Å². The molecule has 0 aliphatic carbocycles. The number of hydrogen-bond acceptors (Lipinski definition) is 18. The topological polar surface area (TPSA) is 234 Å². The molecule has 0 aliphatic rings. The third-order valence-corrected chi connectivity index (χ3v) is 23.4. The smallest absolute Gasteiger partial charge is 0.228 e. The number of aromatic nitrogens is 12. The van der Waals surface area contributed by atoms with Gasteiger partial charge in [-0.15, -0.1) is 0 Å². The summed E-state index contributed by atoms with van der Waals surface area (Å²) < 4.78 is 37.8. The number of para-hydroxylation sites is 6. The molecule has 0 N–H and O–H groups in total. The SMILES string of the molecule is c1ccc(-c2ccc(-c3nc(-c4ccccc4)nc(-c4cccc5oc6cccc(-c7nc8ccccc8o7)c6c45)n3)cc2)cc1.c1ccc(-c2cccc(-c3nc(-c4ccccc4)nc(-c4cccc5oc6cccc(-c7nc8ccccc8o7)c6c45)n3)c2)cc1.c1ccc(-c2nc(-c3ccccc3)nc(-c3cccc4oc5cccc(-c6nc7ccccc7o6)c5c34)n2)cc1. The predicted octanol–water partition coefficient (Wildman–Crippen LogP) is 29.1. The Kier molecular flexibility index (Phi) is 19.4. The molecule has 132 heavy (non-hydrogen) atoms. The average molecular weight is 1700 g/mol. The standard InChI is InChI=1S/2C40H24N4O2.C34H20N4O2/c1-3-12-25(13-4-1)27-16-9-17-28(24-27)38-42-37(26-14-5-2-6-15-26)43-39(44-38)29-18-10-22-33-35(29)36-30(19-11-23-34(36)45-33)40-41-31-20-7-8-21-32(31)46-40;1-3-11-25(12-4-1)26-21-23-28(24-22-26)38-42-37(27-13-5-2-6-14-27)43-39(44-38)29-15-9-19-33-35(29)36-30(16-10-20-34(36)45-33)40-41-31-17-7-8-18-32(31)46-40;1-3-11-21(12-4-1)31-36-32(22-13-5-2-6-14-22)38-33(37-31)23-15-9-19-27-29(23)30-24(16-10-20-28(30)39-27)34-35-25-17-7-8-18-26(25)40-34/h2*1-24H;1-20H. The highest BCUT2D eigenvalue weighted by atomic mass is 16.4. The Labute approximate surface area is 752 Å². The lowest BCUT2D eigenvalue weighted by Crippen LogP contribution is -2.00. The van der Waals surface area contributed by atoms with Gasteiger partial charge in [0.05, 0.1) is 0 Å². The molecule has 9 aromatic heterocycles. The first-order valence-electron chi connectivity index (χ1n) is 43.1. The highest BCUT2D eigenvalue weighted by Gasteiger charge is 2.28. The molecule has 26 aromatic rings. The zero-order valence-corrected chi connectivity index (χ0v) is 70.1. The summed E-state index contributed by atoms with van der Waals surface area (Å²) in [5, 5.41) is 5.39. The number of nitrogens with zero attached hydrogens (tertiary/aromatic N) is 12. The second-order valence-corrected chi connectivity index (χ2v) is 31.6. The molecule has 0 fully saturated rings. The van der Waals surface area contributed by atoms with Gasteiger partial charge in [-0.25, -0.2) is 59.8 Å². The van der Waals surface area contributed by atoms with E-state index < -0.39 is 0 Å². The summed E-state index contributed by atoms with van der Waals surface area (Å²) in [5.74, 6) is 6.84. The van der Waals surface area contributed by atoms with Crippen molar-refractivity contribution in [2.45, 2.75) is 0 Å². The lowest BCUT2D eigenvalue weighted by Gasteiger charge is -2.10. The Morgan fingerprint density at radius 3 is 0.621 bits per heavy atom. The van der Waals surface area contributed by atoms with Crippen LogP contribution in [0.4, 0.5) is 0 Å². The van der Waals surface area contributed by atoms with Crippen molar-refractivity contribution < 1.29 is 26.5 Å². The average Bonchev–Trinajstić information content (AvgIpc) is 1.61. The maximum atomic E-state index is 6.40. The van der Waals surface area contributed by atoms with Crippen LogP contribution in [0.2, 0.25) is 0 Å². The van der Waals surface area contributed by atoms with E-state index in [2.05, 4.69) is 60.7 Å². The van der Waals surface area contributed by atoms with Gasteiger partial charge in [0.15, 0.2) is 69.2 Å². The summed E-state index contributed by atoms with van der Waals surface area (Å²) in [4.78, 5) is 59.4. The second-order valence-electron chi connectivity index (χ2n) is 31.6. The van der Waals surface area contributed by atoms with Crippen molar-refractivity contribution in [3.05, 3.63) is 413 Å². The van der Waals surface area contributed by atoms with Gasteiger partial charge in [-0.2, -0.15) is 0 Å². The summed E-state index contributed by atoms with van der Waals surface area (Å²) in [6.07, 6.45) is 0. The minimum absolute atomic E-state index is 0.531. The van der Waals surface area contributed by atoms with E-state index in [0.717, 1.165) is 188 Å². The van der Waals surface area contributed by atoms with E-state index in [-0.39, 0.29) is 0 Å². The minimum Gasteiger partial charge on any atom is -0.456 e. The molecule has 17 aromatic carbocycles. The summed E-state index contributed by atoms with van der Waals surface area (Å²) in [6.45, 7) is 0. The predicted molar refractivity (Wildman–Crippen MR) is 520 cm³/mol. The van der Waals surface area contributed by atoms with Gasteiger partial charge in [-0.05, 0) is 119 Å². The van der Waals surface area contributed by atoms with Crippen molar-refractivity contribution in [2.75, 3.05) is 0 Å². The summed E-state index contributed by atoms with van der Waals surface area (Å²) in [7, 11) is 0. The molecular formula is C114H68N12O6. The third kappa shape index (κ3) is 14.5. The molecule has 0 aliphatic heterocycles. The van der Waals surface area contributed by atoms with Crippen LogP contribution in [0.1, 0.15) is 0 Å². The number of benzene rings is 17. The van der Waals surface area contributed by atoms with Crippen LogP contribution in [-0.2, 0) is 0 Å². The molecule has 0 saturated heterocycles. The molecule has 18 heteroatoms. The van der Waals surface area contributed by atoms with Crippen LogP contribution in [0.25, 0.3) is 258 Å². The largest absolute Gasteiger partial charge is 0.456 e. The molecule has 0 saturated carbocycles. The van der Waals surface area contributed by atoms with Gasteiger partial charge in [-0.3, -0.25) is 0 Å². The van der Waals surface area contributed by atoms with Crippen LogP contribution in [0.5, 0.6) is 0 Å². The van der Waals surface area contributed by atoms with Crippen molar-refractivity contribution in [3.63, 3.8) is 0 Å². The van der Waals surface area contributed by atoms with Gasteiger partial charge < -0.3 is 26.5 Å². The normalized spacial score (nSPS) is 11.5. The van der Waals surface area contributed by atoms with Crippen LogP contribution >= 0.6 is 0 Å². The maximum absolute atomic E-state index is 6.40. The van der Waals surface area contributed by atoms with E-state index in [1.54, 1.807) is 0 Å². The van der Waals surface area contributed by atoms with E-state index in [1.165, 1.54) is 0 Å². The molecule has 0 amide bonds. The third-order valence-electron chi connectivity index (χ3n) is 23.4. The number of fused-ring (bicyclic) bond motifs is 12. The number of furan rings is 3. The molecule has 9 heterocycles. The lowest BCUT2D eigenvalue weighted by atomic mass is 10.0. The number of oxazole rings is 3. The fourth-order valence-electron chi connectivity index (χ4n) is 17.2. The Bertz CT molecular complexity index is 8690. The van der Waals surface area contributed by atoms with Gasteiger partial charge in [0.2, 0.25) is 17.7 Å². The van der Waals surface area contributed by atoms with E-state index in [1.807, 2.05) is 352 Å². The van der Waals surface area contributed by atoms with Crippen molar-refractivity contribution >= 4 is 99.1 Å². The second kappa shape index (κ2) is 33.2. The van der Waals surface area contributed by atoms with Crippen LogP contribution in [0.15, 0.2) is 439 Å². The van der Waals surface area contributed by atoms with Crippen LogP contribution < -0.4 is 0 Å². The van der Waals surface area contributed by atoms with E-state index >= 15 is 0 Å². The monoisotopic (exact) mass is 1700 g/mol. The highest BCUT2D eigenvalue weighted by Crippen LogP contribution is 2.47. The molecule has 0 spiro atoms. The first-order valence-corrected chi connectivity index (χ1v) is 43.1. The molecule has 0 atom stereocenters. The highest BCUT2D eigenvalue weighted by molar-refractivity contribution is 6.20. The van der Waals surface area contributed by atoms with Gasteiger partial charge in [-0.1, -0.05) is 315 Å². The van der Waals surface area contributed by atoms with Crippen molar-refractivity contribution in [3.8, 4) is 159 Å². The molecule has 0 bridgehead atoms. The Morgan fingerprint density at radius 2 is 0.318 bits per heavy atom. The molecule has 0 radical (unpaired) electrons. The molecule has 26 rings (SSSR count). The Balaban J connectivity index is 0.000000110. The first-order chi connectivity index (χ1) is 65.4. The van der Waals surface area contributed by atoms with Gasteiger partial charge in [0.25, 0.3) is 0 Å². The van der Waals surface area contributed by atoms with Gasteiger partial charge in [0.1, 0.15) is 50.0 Å². The molecule has 18 nitrogen and oxygen atoms in total. The lowest BCUT2D eigenvalue weighted by molar-refractivity contribution is 0.620. The Morgan fingerprint density at radius 1 is 0.121 bits per heavy atom. The number of rotatable bonds is 14. The first kappa shape index (κ1) is 77.2. The summed E-state index contributed by atoms with van der Waals surface area (Å²) in [5.41, 5.74) is 24.0. The number of hydrogen-bond donors (Lipinski definition) is 0. The summed E-state index contributed by atoms with van der Waals surface area (Å²) in [6, 6.07) is 136. The Hall–Kier alpha value is -18.4. The van der Waals surface area contributed by atoms with Crippen molar-refractivity contribution in [1.82, 2.24) is 59.8 Å². The van der Waals surface area contributed by atoms with E-state index in [9.17, 15) is 0 Å².